The number of aryl methyl sites for hydroxylation is 1. The second-order valence-corrected chi connectivity index (χ2v) is 5.29. The number of aromatic nitrogens is 2. The molecule has 1 N–H and O–H groups in total. The Kier molecular flexibility index (Phi) is 8.05. The van der Waals surface area contributed by atoms with Gasteiger partial charge >= 0.3 is 0 Å². The van der Waals surface area contributed by atoms with E-state index >= 15 is 0 Å². The Morgan fingerprint density at radius 1 is 1.24 bits per heavy atom. The Hall–Kier alpha value is -1.36. The lowest BCUT2D eigenvalue weighted by Gasteiger charge is -2.20. The van der Waals surface area contributed by atoms with E-state index in [9.17, 15) is 0 Å². The van der Waals surface area contributed by atoms with E-state index < -0.39 is 0 Å². The van der Waals surface area contributed by atoms with Gasteiger partial charge in [0.1, 0.15) is 11.6 Å². The zero-order chi connectivity index (χ0) is 15.7. The van der Waals surface area contributed by atoms with Crippen molar-refractivity contribution >= 4 is 5.82 Å². The van der Waals surface area contributed by atoms with Gasteiger partial charge in [-0.2, -0.15) is 4.98 Å². The number of ether oxygens (including phenoxy) is 1. The van der Waals surface area contributed by atoms with Gasteiger partial charge < -0.3 is 15.0 Å². The zero-order valence-electron chi connectivity index (χ0n) is 14.1. The van der Waals surface area contributed by atoms with E-state index in [1.54, 1.807) is 0 Å². The van der Waals surface area contributed by atoms with Gasteiger partial charge in [-0.3, -0.25) is 0 Å². The molecular weight excluding hydrogens is 264 g/mol. The summed E-state index contributed by atoms with van der Waals surface area (Å²) >= 11 is 0. The monoisotopic (exact) mass is 294 g/mol. The molecule has 1 atom stereocenters. The van der Waals surface area contributed by atoms with Crippen LogP contribution in [0.5, 0.6) is 5.88 Å². The highest BCUT2D eigenvalue weighted by molar-refractivity contribution is 5.39. The summed E-state index contributed by atoms with van der Waals surface area (Å²) in [5.41, 5.74) is 0. The van der Waals surface area contributed by atoms with E-state index in [0.29, 0.717) is 18.5 Å². The van der Waals surface area contributed by atoms with E-state index in [1.807, 2.05) is 19.9 Å². The predicted molar refractivity (Wildman–Crippen MR) is 88.0 cm³/mol. The van der Waals surface area contributed by atoms with E-state index in [2.05, 4.69) is 41.0 Å². The maximum atomic E-state index is 5.45. The standard InChI is InChI=1S/C16H30N4O/c1-6-20(7-2)11-9-10-13(4)17-15-12-16(21-8-3)19-14(5)18-15/h12-13H,6-11H2,1-5H3,(H,17,18,19). The van der Waals surface area contributed by atoms with E-state index in [4.69, 9.17) is 4.74 Å². The molecule has 0 aliphatic carbocycles. The molecule has 1 unspecified atom stereocenters. The molecule has 0 amide bonds. The smallest absolute Gasteiger partial charge is 0.218 e. The van der Waals surface area contributed by atoms with Crippen molar-refractivity contribution in [3.05, 3.63) is 11.9 Å². The fourth-order valence-electron chi connectivity index (χ4n) is 2.32. The lowest BCUT2D eigenvalue weighted by Crippen LogP contribution is -2.25. The van der Waals surface area contributed by atoms with Crippen LogP contribution in [0.3, 0.4) is 0 Å². The Labute approximate surface area is 129 Å². The molecule has 120 valence electrons. The number of anilines is 1. The minimum atomic E-state index is 0.393. The third kappa shape index (κ3) is 6.76. The molecule has 0 aromatic carbocycles. The van der Waals surface area contributed by atoms with Gasteiger partial charge in [0.05, 0.1) is 6.61 Å². The second kappa shape index (κ2) is 9.55. The Morgan fingerprint density at radius 3 is 2.57 bits per heavy atom. The maximum Gasteiger partial charge on any atom is 0.218 e. The first kappa shape index (κ1) is 17.7. The zero-order valence-corrected chi connectivity index (χ0v) is 14.1. The minimum absolute atomic E-state index is 0.393. The summed E-state index contributed by atoms with van der Waals surface area (Å²) in [5, 5.41) is 3.44. The van der Waals surface area contributed by atoms with Gasteiger partial charge in [0.25, 0.3) is 0 Å². The molecule has 21 heavy (non-hydrogen) atoms. The molecule has 0 aliphatic rings. The summed E-state index contributed by atoms with van der Waals surface area (Å²) in [6, 6.07) is 2.27. The molecular formula is C16H30N4O. The second-order valence-electron chi connectivity index (χ2n) is 5.29. The van der Waals surface area contributed by atoms with Crippen LogP contribution >= 0.6 is 0 Å². The van der Waals surface area contributed by atoms with Crippen LogP contribution in [0.4, 0.5) is 5.82 Å². The van der Waals surface area contributed by atoms with Crippen LogP contribution in [0, 0.1) is 6.92 Å². The van der Waals surface area contributed by atoms with Gasteiger partial charge in [0, 0.05) is 12.1 Å². The molecule has 1 aromatic rings. The summed E-state index contributed by atoms with van der Waals surface area (Å²) in [5.74, 6) is 2.22. The van der Waals surface area contributed by atoms with Gasteiger partial charge in [-0.1, -0.05) is 13.8 Å². The van der Waals surface area contributed by atoms with Gasteiger partial charge in [-0.15, -0.1) is 0 Å². The number of nitrogens with one attached hydrogen (secondary N) is 1. The van der Waals surface area contributed by atoms with Crippen LogP contribution < -0.4 is 10.1 Å². The van der Waals surface area contributed by atoms with Gasteiger partial charge in [-0.05, 0) is 53.2 Å². The summed E-state index contributed by atoms with van der Waals surface area (Å²) in [4.78, 5) is 11.1. The highest BCUT2D eigenvalue weighted by atomic mass is 16.5. The van der Waals surface area contributed by atoms with Crippen LogP contribution in [0.25, 0.3) is 0 Å². The van der Waals surface area contributed by atoms with Crippen molar-refractivity contribution in [2.75, 3.05) is 31.6 Å². The van der Waals surface area contributed by atoms with E-state index in [0.717, 1.165) is 37.7 Å². The minimum Gasteiger partial charge on any atom is -0.478 e. The SMILES string of the molecule is CCOc1cc(NC(C)CCCN(CC)CC)nc(C)n1. The molecule has 0 saturated carbocycles. The van der Waals surface area contributed by atoms with Crippen molar-refractivity contribution in [2.45, 2.75) is 53.5 Å². The Balaban J connectivity index is 2.45. The molecule has 5 nitrogen and oxygen atoms in total. The van der Waals surface area contributed by atoms with Crippen molar-refractivity contribution in [3.63, 3.8) is 0 Å². The third-order valence-electron chi connectivity index (χ3n) is 3.51. The first-order chi connectivity index (χ1) is 10.1. The fraction of sp³-hybridized carbons (Fsp3) is 0.750. The number of nitrogens with zero attached hydrogens (tertiary/aromatic N) is 3. The Bertz CT molecular complexity index is 407. The molecule has 0 spiro atoms. The highest BCUT2D eigenvalue weighted by Gasteiger charge is 2.07. The van der Waals surface area contributed by atoms with Gasteiger partial charge in [0.15, 0.2) is 0 Å². The summed E-state index contributed by atoms with van der Waals surface area (Å²) in [7, 11) is 0. The van der Waals surface area contributed by atoms with Crippen molar-refractivity contribution in [1.82, 2.24) is 14.9 Å². The quantitative estimate of drug-likeness (QED) is 0.718. The third-order valence-corrected chi connectivity index (χ3v) is 3.51. The fourth-order valence-corrected chi connectivity index (χ4v) is 2.32. The number of hydrogen-bond acceptors (Lipinski definition) is 5. The highest BCUT2D eigenvalue weighted by Crippen LogP contribution is 2.15. The van der Waals surface area contributed by atoms with Crippen molar-refractivity contribution in [3.8, 4) is 5.88 Å². The lowest BCUT2D eigenvalue weighted by molar-refractivity contribution is 0.295. The molecule has 0 aliphatic heterocycles. The molecule has 1 aromatic heterocycles. The Morgan fingerprint density at radius 2 is 1.95 bits per heavy atom. The molecule has 0 saturated heterocycles. The summed E-state index contributed by atoms with van der Waals surface area (Å²) in [6.45, 7) is 14.5. The van der Waals surface area contributed by atoms with Crippen LogP contribution in [-0.4, -0.2) is 47.2 Å². The number of hydrogen-bond donors (Lipinski definition) is 1. The maximum absolute atomic E-state index is 5.45. The summed E-state index contributed by atoms with van der Waals surface area (Å²) < 4.78 is 5.45. The average Bonchev–Trinajstić information content (AvgIpc) is 2.43. The lowest BCUT2D eigenvalue weighted by atomic mass is 10.1. The van der Waals surface area contributed by atoms with Crippen molar-refractivity contribution in [1.29, 1.82) is 0 Å². The van der Waals surface area contributed by atoms with Gasteiger partial charge in [0.2, 0.25) is 5.88 Å². The molecule has 0 bridgehead atoms. The summed E-state index contributed by atoms with van der Waals surface area (Å²) in [6.07, 6.45) is 2.32. The first-order valence-electron chi connectivity index (χ1n) is 8.06. The largest absolute Gasteiger partial charge is 0.478 e. The molecule has 0 radical (unpaired) electrons. The van der Waals surface area contributed by atoms with Crippen LogP contribution in [-0.2, 0) is 0 Å². The molecule has 0 fully saturated rings. The number of rotatable bonds is 10. The van der Waals surface area contributed by atoms with Crippen LogP contribution in [0.15, 0.2) is 6.07 Å². The normalized spacial score (nSPS) is 12.5. The van der Waals surface area contributed by atoms with Crippen molar-refractivity contribution in [2.24, 2.45) is 0 Å². The first-order valence-corrected chi connectivity index (χ1v) is 8.06. The van der Waals surface area contributed by atoms with Crippen LogP contribution in [0.1, 0.15) is 46.4 Å². The molecule has 1 heterocycles. The average molecular weight is 294 g/mol. The van der Waals surface area contributed by atoms with E-state index in [-0.39, 0.29) is 0 Å². The topological polar surface area (TPSA) is 50.3 Å². The molecule has 1 rings (SSSR count). The van der Waals surface area contributed by atoms with Crippen molar-refractivity contribution < 1.29 is 4.74 Å². The predicted octanol–water partition coefficient (Wildman–Crippen LogP) is 3.11. The van der Waals surface area contributed by atoms with E-state index in [1.165, 1.54) is 6.42 Å². The van der Waals surface area contributed by atoms with Gasteiger partial charge in [-0.25, -0.2) is 4.98 Å². The van der Waals surface area contributed by atoms with Crippen LogP contribution in [0.2, 0.25) is 0 Å². The molecule has 5 heteroatoms.